The van der Waals surface area contributed by atoms with E-state index in [9.17, 15) is 22.4 Å². The number of ketones is 1. The number of likely N-dealkylation sites (N-methyl/N-ethyl adjacent to an activating group) is 1. The molecule has 0 bridgehead atoms. The lowest BCUT2D eigenvalue weighted by Gasteiger charge is -2.41. The normalized spacial score (nSPS) is 18.4. The molecule has 0 radical (unpaired) electrons. The van der Waals surface area contributed by atoms with E-state index < -0.39 is 12.0 Å². The zero-order valence-corrected chi connectivity index (χ0v) is 12.8. The molecule has 0 saturated carbocycles. The van der Waals surface area contributed by atoms with Gasteiger partial charge in [-0.3, -0.25) is 4.79 Å². The van der Waals surface area contributed by atoms with Crippen molar-refractivity contribution in [2.75, 3.05) is 33.2 Å². The van der Waals surface area contributed by atoms with Gasteiger partial charge < -0.3 is 9.38 Å². The van der Waals surface area contributed by atoms with E-state index in [1.54, 1.807) is 23.1 Å². The van der Waals surface area contributed by atoms with E-state index in [0.717, 1.165) is 0 Å². The van der Waals surface area contributed by atoms with Crippen molar-refractivity contribution < 1.29 is 26.8 Å². The van der Waals surface area contributed by atoms with Gasteiger partial charge in [0.1, 0.15) is 12.4 Å². The average molecular weight is 331 g/mol. The molecule has 23 heavy (non-hydrogen) atoms. The van der Waals surface area contributed by atoms with Gasteiger partial charge in [-0.05, 0) is 6.07 Å². The number of alkyl halides is 3. The predicted octanol–water partition coefficient (Wildman–Crippen LogP) is 2.73. The lowest BCUT2D eigenvalue weighted by Crippen LogP contribution is -2.55. The lowest BCUT2D eigenvalue weighted by molar-refractivity contribution is -0.926. The number of hydrogen-bond acceptors (Lipinski definition) is 2. The van der Waals surface area contributed by atoms with Gasteiger partial charge in [-0.25, -0.2) is 4.39 Å². The first kappa shape index (κ1) is 17.5. The van der Waals surface area contributed by atoms with E-state index in [1.807, 2.05) is 7.05 Å². The number of allylic oxidation sites excluding steroid dienone is 1. The third kappa shape index (κ3) is 4.79. The maximum atomic E-state index is 13.7. The number of piperazine rings is 1. The molecule has 1 aromatic rings. The number of hydrogen-bond donors (Lipinski definition) is 0. The molecule has 0 spiro atoms. The molecule has 1 fully saturated rings. The Hall–Kier alpha value is -1.89. The SMILES string of the molecule is C[N+]1(Cc2ccccc2F)CCN(C=CC(=O)C(F)(F)F)CC1. The summed E-state index contributed by atoms with van der Waals surface area (Å²) in [5, 5.41) is 0. The number of carbonyl (C=O) groups excluding carboxylic acids is 1. The largest absolute Gasteiger partial charge is 0.454 e. The summed E-state index contributed by atoms with van der Waals surface area (Å²) in [7, 11) is 1.99. The molecule has 0 N–H and O–H groups in total. The Bertz CT molecular complexity index is 590. The Morgan fingerprint density at radius 3 is 2.43 bits per heavy atom. The Morgan fingerprint density at radius 1 is 1.26 bits per heavy atom. The molecule has 3 nitrogen and oxygen atoms in total. The van der Waals surface area contributed by atoms with Crippen molar-refractivity contribution in [3.63, 3.8) is 0 Å². The van der Waals surface area contributed by atoms with Gasteiger partial charge in [-0.2, -0.15) is 13.2 Å². The summed E-state index contributed by atoms with van der Waals surface area (Å²) in [5.74, 6) is -2.10. The molecule has 2 rings (SSSR count). The number of halogens is 4. The zero-order chi connectivity index (χ0) is 17.1. The van der Waals surface area contributed by atoms with Crippen LogP contribution in [0, 0.1) is 5.82 Å². The minimum Gasteiger partial charge on any atom is -0.366 e. The van der Waals surface area contributed by atoms with E-state index in [2.05, 4.69) is 0 Å². The van der Waals surface area contributed by atoms with Crippen LogP contribution in [0.15, 0.2) is 36.5 Å². The highest BCUT2D eigenvalue weighted by Crippen LogP contribution is 2.19. The first-order chi connectivity index (χ1) is 10.7. The van der Waals surface area contributed by atoms with Crippen molar-refractivity contribution >= 4 is 5.78 Å². The maximum Gasteiger partial charge on any atom is 0.454 e. The van der Waals surface area contributed by atoms with Crippen LogP contribution in [0.25, 0.3) is 0 Å². The van der Waals surface area contributed by atoms with E-state index >= 15 is 0 Å². The van der Waals surface area contributed by atoms with Crippen molar-refractivity contribution in [1.29, 1.82) is 0 Å². The molecule has 0 amide bonds. The third-order valence-electron chi connectivity index (χ3n) is 4.08. The van der Waals surface area contributed by atoms with Crippen LogP contribution in [0.3, 0.4) is 0 Å². The molecule has 1 aliphatic heterocycles. The molecular formula is C16H19F4N2O+. The van der Waals surface area contributed by atoms with Gasteiger partial charge in [0.25, 0.3) is 5.78 Å². The Morgan fingerprint density at radius 2 is 1.87 bits per heavy atom. The first-order valence-corrected chi connectivity index (χ1v) is 7.30. The van der Waals surface area contributed by atoms with Gasteiger partial charge in [0.2, 0.25) is 0 Å². The fourth-order valence-electron chi connectivity index (χ4n) is 2.58. The molecule has 126 valence electrons. The monoisotopic (exact) mass is 331 g/mol. The van der Waals surface area contributed by atoms with E-state index in [4.69, 9.17) is 0 Å². The van der Waals surface area contributed by atoms with Crippen LogP contribution < -0.4 is 0 Å². The molecule has 1 aromatic carbocycles. The van der Waals surface area contributed by atoms with Crippen LogP contribution >= 0.6 is 0 Å². The second-order valence-electron chi connectivity index (χ2n) is 6.03. The van der Waals surface area contributed by atoms with E-state index in [0.29, 0.717) is 48.8 Å². The molecule has 0 unspecified atom stereocenters. The Labute approximate surface area is 132 Å². The molecule has 0 atom stereocenters. The molecule has 1 aliphatic rings. The van der Waals surface area contributed by atoms with Gasteiger partial charge in [0.15, 0.2) is 0 Å². The Kier molecular flexibility index (Phi) is 5.09. The number of nitrogens with zero attached hydrogens (tertiary/aromatic N) is 2. The summed E-state index contributed by atoms with van der Waals surface area (Å²) in [6, 6.07) is 6.59. The summed E-state index contributed by atoms with van der Waals surface area (Å²) in [6.45, 7) is 2.91. The van der Waals surface area contributed by atoms with Gasteiger partial charge in [-0.15, -0.1) is 0 Å². The zero-order valence-electron chi connectivity index (χ0n) is 12.8. The minimum absolute atomic E-state index is 0.245. The third-order valence-corrected chi connectivity index (χ3v) is 4.08. The average Bonchev–Trinajstić information content (AvgIpc) is 2.48. The van der Waals surface area contributed by atoms with Crippen molar-refractivity contribution in [2.24, 2.45) is 0 Å². The van der Waals surface area contributed by atoms with E-state index in [-0.39, 0.29) is 5.82 Å². The highest BCUT2D eigenvalue weighted by Gasteiger charge is 2.36. The van der Waals surface area contributed by atoms with Crippen LogP contribution in [0.4, 0.5) is 17.6 Å². The first-order valence-electron chi connectivity index (χ1n) is 7.30. The van der Waals surface area contributed by atoms with Crippen LogP contribution in [0.5, 0.6) is 0 Å². The van der Waals surface area contributed by atoms with Crippen LogP contribution in [0.1, 0.15) is 5.56 Å². The quantitative estimate of drug-likeness (QED) is 0.480. The number of quaternary nitrogens is 1. The topological polar surface area (TPSA) is 20.3 Å². The van der Waals surface area contributed by atoms with Crippen LogP contribution in [0.2, 0.25) is 0 Å². The van der Waals surface area contributed by atoms with Gasteiger partial charge >= 0.3 is 6.18 Å². The highest BCUT2D eigenvalue weighted by molar-refractivity contribution is 5.94. The summed E-state index contributed by atoms with van der Waals surface area (Å²) < 4.78 is 50.8. The van der Waals surface area contributed by atoms with Crippen molar-refractivity contribution in [2.45, 2.75) is 12.7 Å². The standard InChI is InChI=1S/C16H19F4N2O/c1-22(12-13-4-2-3-5-14(13)17)10-8-21(9-11-22)7-6-15(23)16(18,19)20/h2-7H,8-12H2,1H3/q+1. The molecule has 7 heteroatoms. The number of rotatable bonds is 4. The predicted molar refractivity (Wildman–Crippen MR) is 77.8 cm³/mol. The fourth-order valence-corrected chi connectivity index (χ4v) is 2.58. The highest BCUT2D eigenvalue weighted by atomic mass is 19.4. The summed E-state index contributed by atoms with van der Waals surface area (Å²) in [5.41, 5.74) is 0.631. The van der Waals surface area contributed by atoms with Crippen molar-refractivity contribution in [3.05, 3.63) is 47.9 Å². The van der Waals surface area contributed by atoms with Gasteiger partial charge in [0, 0.05) is 17.8 Å². The minimum atomic E-state index is -4.83. The molecule has 0 aromatic heterocycles. The lowest BCUT2D eigenvalue weighted by atomic mass is 10.1. The van der Waals surface area contributed by atoms with Crippen molar-refractivity contribution in [3.8, 4) is 0 Å². The molecule has 0 aliphatic carbocycles. The Balaban J connectivity index is 1.91. The number of benzene rings is 1. The molecule has 1 saturated heterocycles. The molecule has 1 heterocycles. The van der Waals surface area contributed by atoms with Gasteiger partial charge in [0.05, 0.1) is 33.2 Å². The van der Waals surface area contributed by atoms with Gasteiger partial charge in [-0.1, -0.05) is 18.2 Å². The molecular weight excluding hydrogens is 312 g/mol. The summed E-state index contributed by atoms with van der Waals surface area (Å²) in [6.07, 6.45) is -3.07. The summed E-state index contributed by atoms with van der Waals surface area (Å²) in [4.78, 5) is 12.5. The van der Waals surface area contributed by atoms with Crippen molar-refractivity contribution in [1.82, 2.24) is 4.90 Å². The smallest absolute Gasteiger partial charge is 0.366 e. The summed E-state index contributed by atoms with van der Waals surface area (Å²) >= 11 is 0. The second kappa shape index (κ2) is 6.70. The van der Waals surface area contributed by atoms with Crippen LogP contribution in [-0.2, 0) is 11.3 Å². The second-order valence-corrected chi connectivity index (χ2v) is 6.03. The van der Waals surface area contributed by atoms with Crippen LogP contribution in [-0.4, -0.2) is 54.6 Å². The number of carbonyl (C=O) groups is 1. The maximum absolute atomic E-state index is 13.7. The van der Waals surface area contributed by atoms with E-state index in [1.165, 1.54) is 12.3 Å². The fraction of sp³-hybridized carbons (Fsp3) is 0.438.